The molecule has 5 rings (SSSR count). The van der Waals surface area contributed by atoms with Gasteiger partial charge in [-0.25, -0.2) is 4.79 Å². The topological polar surface area (TPSA) is 103 Å². The Bertz CT molecular complexity index is 1460. The van der Waals surface area contributed by atoms with Gasteiger partial charge in [-0.3, -0.25) is 18.7 Å². The second kappa shape index (κ2) is 6.98. The maximum Gasteiger partial charge on any atom is 0.332 e. The van der Waals surface area contributed by atoms with E-state index in [1.54, 1.807) is 38.2 Å². The number of nitrogens with zero attached hydrogens (tertiary/aromatic N) is 2. The number of hydrogen-bond donors (Lipinski definition) is 2. The highest BCUT2D eigenvalue weighted by Gasteiger charge is 2.42. The lowest BCUT2D eigenvalue weighted by Gasteiger charge is -2.30. The SMILES string of the molecule is CCOc1cc([C@@H]2C3=C(Nc4c2c(=O)n(C)c(=O)n4C)c2ccccc2C3=O)ccc1O. The minimum Gasteiger partial charge on any atom is -0.504 e. The molecule has 32 heavy (non-hydrogen) atoms. The molecule has 0 spiro atoms. The first-order valence-corrected chi connectivity index (χ1v) is 10.3. The van der Waals surface area contributed by atoms with Gasteiger partial charge in [-0.1, -0.05) is 30.3 Å². The van der Waals surface area contributed by atoms with E-state index in [4.69, 9.17) is 4.74 Å². The van der Waals surface area contributed by atoms with Gasteiger partial charge < -0.3 is 15.2 Å². The van der Waals surface area contributed by atoms with E-state index in [9.17, 15) is 19.5 Å². The van der Waals surface area contributed by atoms with Crippen LogP contribution < -0.4 is 21.3 Å². The maximum absolute atomic E-state index is 13.5. The number of carbonyl (C=O) groups excluding carboxylic acids is 1. The highest BCUT2D eigenvalue weighted by molar-refractivity contribution is 6.23. The number of benzene rings is 2. The Hall–Kier alpha value is -4.07. The smallest absolute Gasteiger partial charge is 0.332 e. The van der Waals surface area contributed by atoms with Crippen LogP contribution in [-0.2, 0) is 14.1 Å². The van der Waals surface area contributed by atoms with Crippen molar-refractivity contribution in [1.29, 1.82) is 0 Å². The lowest BCUT2D eigenvalue weighted by molar-refractivity contribution is 0.103. The molecule has 0 unspecified atom stereocenters. The zero-order chi connectivity index (χ0) is 22.7. The summed E-state index contributed by atoms with van der Waals surface area (Å²) in [6.07, 6.45) is 0. The first kappa shape index (κ1) is 19.9. The predicted octanol–water partition coefficient (Wildman–Crippen LogP) is 2.35. The zero-order valence-electron chi connectivity index (χ0n) is 17.8. The number of allylic oxidation sites excluding steroid dienone is 1. The molecule has 3 aromatic rings. The molecule has 8 nitrogen and oxygen atoms in total. The molecule has 2 aliphatic rings. The molecule has 0 radical (unpaired) electrons. The highest BCUT2D eigenvalue weighted by atomic mass is 16.5. The number of rotatable bonds is 3. The van der Waals surface area contributed by atoms with Gasteiger partial charge in [-0.2, -0.15) is 0 Å². The minimum absolute atomic E-state index is 0.0339. The number of phenolic OH excluding ortho intramolecular Hbond substituents is 1. The van der Waals surface area contributed by atoms with Crippen LogP contribution in [0.3, 0.4) is 0 Å². The van der Waals surface area contributed by atoms with Crippen LogP contribution in [0.1, 0.15) is 39.9 Å². The number of ether oxygens (including phenoxy) is 1. The molecule has 0 bridgehead atoms. The number of ketones is 1. The van der Waals surface area contributed by atoms with Gasteiger partial charge in [-0.15, -0.1) is 0 Å². The van der Waals surface area contributed by atoms with Gasteiger partial charge in [0.25, 0.3) is 5.56 Å². The Morgan fingerprint density at radius 1 is 1.03 bits per heavy atom. The number of anilines is 1. The zero-order valence-corrected chi connectivity index (χ0v) is 17.8. The summed E-state index contributed by atoms with van der Waals surface area (Å²) in [7, 11) is 3.00. The monoisotopic (exact) mass is 431 g/mol. The number of hydrogen-bond acceptors (Lipinski definition) is 6. The first-order valence-electron chi connectivity index (χ1n) is 10.3. The van der Waals surface area contributed by atoms with Crippen LogP contribution in [0.2, 0.25) is 0 Å². The summed E-state index contributed by atoms with van der Waals surface area (Å²) < 4.78 is 7.96. The molecule has 1 aliphatic carbocycles. The van der Waals surface area contributed by atoms with Crippen LogP contribution in [0.15, 0.2) is 57.6 Å². The Labute approximate surface area is 183 Å². The largest absolute Gasteiger partial charge is 0.504 e. The summed E-state index contributed by atoms with van der Waals surface area (Å²) in [4.78, 5) is 39.4. The van der Waals surface area contributed by atoms with Crippen LogP contribution in [0, 0.1) is 0 Å². The molecular weight excluding hydrogens is 410 g/mol. The lowest BCUT2D eigenvalue weighted by Crippen LogP contribution is -2.42. The lowest BCUT2D eigenvalue weighted by atomic mass is 9.81. The Morgan fingerprint density at radius 3 is 2.47 bits per heavy atom. The van der Waals surface area contributed by atoms with E-state index in [1.807, 2.05) is 12.1 Å². The fourth-order valence-electron chi connectivity index (χ4n) is 4.57. The van der Waals surface area contributed by atoms with Crippen molar-refractivity contribution < 1.29 is 14.6 Å². The van der Waals surface area contributed by atoms with Crippen molar-refractivity contribution in [3.63, 3.8) is 0 Å². The van der Waals surface area contributed by atoms with E-state index >= 15 is 0 Å². The average molecular weight is 431 g/mol. The number of Topliss-reactive ketones (excluding diaryl/α,β-unsaturated/α-hetero) is 1. The fourth-order valence-corrected chi connectivity index (χ4v) is 4.57. The molecule has 0 saturated carbocycles. The van der Waals surface area contributed by atoms with Crippen molar-refractivity contribution in [3.8, 4) is 11.5 Å². The van der Waals surface area contributed by atoms with Crippen molar-refractivity contribution in [2.24, 2.45) is 14.1 Å². The fraction of sp³-hybridized carbons (Fsp3) is 0.208. The third-order valence-corrected chi connectivity index (χ3v) is 6.09. The summed E-state index contributed by atoms with van der Waals surface area (Å²) in [6.45, 7) is 2.14. The Morgan fingerprint density at radius 2 is 1.75 bits per heavy atom. The third kappa shape index (κ3) is 2.59. The summed E-state index contributed by atoms with van der Waals surface area (Å²) in [5, 5.41) is 13.4. The number of fused-ring (bicyclic) bond motifs is 3. The van der Waals surface area contributed by atoms with Crippen molar-refractivity contribution >= 4 is 17.3 Å². The number of carbonyl (C=O) groups is 1. The van der Waals surface area contributed by atoms with Gasteiger partial charge >= 0.3 is 5.69 Å². The van der Waals surface area contributed by atoms with E-state index in [0.717, 1.165) is 10.1 Å². The Balaban J connectivity index is 1.86. The quantitative estimate of drug-likeness (QED) is 0.660. The Kier molecular flexibility index (Phi) is 4.33. The molecule has 1 aromatic heterocycles. The number of phenols is 1. The first-order chi connectivity index (χ1) is 15.3. The third-order valence-electron chi connectivity index (χ3n) is 6.09. The van der Waals surface area contributed by atoms with E-state index < -0.39 is 17.2 Å². The summed E-state index contributed by atoms with van der Waals surface area (Å²) in [6, 6.07) is 12.0. The minimum atomic E-state index is -0.744. The molecule has 1 atom stereocenters. The van der Waals surface area contributed by atoms with Crippen LogP contribution in [-0.4, -0.2) is 26.6 Å². The van der Waals surface area contributed by atoms with Crippen LogP contribution in [0.25, 0.3) is 5.70 Å². The van der Waals surface area contributed by atoms with E-state index in [0.29, 0.717) is 40.4 Å². The molecular formula is C24H21N3O5. The van der Waals surface area contributed by atoms with Crippen LogP contribution in [0.5, 0.6) is 11.5 Å². The molecule has 2 heterocycles. The van der Waals surface area contributed by atoms with E-state index in [2.05, 4.69) is 5.32 Å². The van der Waals surface area contributed by atoms with Crippen LogP contribution in [0.4, 0.5) is 5.82 Å². The second-order valence-corrected chi connectivity index (χ2v) is 7.85. The molecule has 0 fully saturated rings. The second-order valence-electron chi connectivity index (χ2n) is 7.85. The van der Waals surface area contributed by atoms with E-state index in [-0.39, 0.29) is 17.3 Å². The van der Waals surface area contributed by atoms with Gasteiger partial charge in [0.1, 0.15) is 5.82 Å². The molecule has 0 saturated heterocycles. The van der Waals surface area contributed by atoms with Gasteiger partial charge in [0, 0.05) is 36.7 Å². The molecule has 8 heteroatoms. The van der Waals surface area contributed by atoms with Gasteiger partial charge in [0.2, 0.25) is 0 Å². The van der Waals surface area contributed by atoms with Crippen molar-refractivity contribution in [2.45, 2.75) is 12.8 Å². The average Bonchev–Trinajstić information content (AvgIpc) is 3.09. The van der Waals surface area contributed by atoms with Crippen molar-refractivity contribution in [1.82, 2.24) is 9.13 Å². The summed E-state index contributed by atoms with van der Waals surface area (Å²) >= 11 is 0. The van der Waals surface area contributed by atoms with Gasteiger partial charge in [0.05, 0.1) is 17.9 Å². The molecule has 2 aromatic carbocycles. The van der Waals surface area contributed by atoms with Gasteiger partial charge in [-0.05, 0) is 24.6 Å². The summed E-state index contributed by atoms with van der Waals surface area (Å²) in [5.74, 6) is -0.352. The van der Waals surface area contributed by atoms with Gasteiger partial charge in [0.15, 0.2) is 17.3 Å². The van der Waals surface area contributed by atoms with Crippen molar-refractivity contribution in [2.75, 3.05) is 11.9 Å². The molecule has 2 N–H and O–H groups in total. The number of aromatic nitrogens is 2. The number of nitrogens with one attached hydrogen (secondary N) is 1. The van der Waals surface area contributed by atoms with Crippen molar-refractivity contribution in [3.05, 3.63) is 91.1 Å². The maximum atomic E-state index is 13.5. The molecule has 1 aliphatic heterocycles. The highest BCUT2D eigenvalue weighted by Crippen LogP contribution is 2.48. The normalized spacial score (nSPS) is 16.3. The number of aromatic hydroxyl groups is 1. The van der Waals surface area contributed by atoms with E-state index in [1.165, 1.54) is 17.7 Å². The molecule has 162 valence electrons. The van der Waals surface area contributed by atoms with Crippen LogP contribution >= 0.6 is 0 Å². The predicted molar refractivity (Wildman–Crippen MR) is 119 cm³/mol. The standard InChI is InChI=1S/C24H21N3O5/c1-4-32-16-11-12(9-10-15(16)28)17-18-20(13-7-5-6-8-14(13)21(18)29)25-22-19(17)23(30)27(3)24(31)26(22)2/h5-11,17,25,28H,4H2,1-3H3/t17-/m1/s1. The molecule has 0 amide bonds. The summed E-state index contributed by atoms with van der Waals surface area (Å²) in [5.41, 5.74) is 2.22.